The third-order valence-corrected chi connectivity index (χ3v) is 4.21. The van der Waals surface area contributed by atoms with Crippen LogP contribution in [-0.2, 0) is 7.05 Å². The molecule has 0 aliphatic carbocycles. The standard InChI is InChI=1S/C12H15BrClN3/c1-4-7(5-2)8-6-17(3)12-9(8)15-10(13)11(14)16-12/h6-7H,4-5H2,1-3H3. The Morgan fingerprint density at radius 1 is 1.35 bits per heavy atom. The zero-order valence-corrected chi connectivity index (χ0v) is 12.5. The number of hydrogen-bond donors (Lipinski definition) is 0. The van der Waals surface area contributed by atoms with Gasteiger partial charge in [-0.05, 0) is 34.7 Å². The summed E-state index contributed by atoms with van der Waals surface area (Å²) in [4.78, 5) is 8.88. The maximum Gasteiger partial charge on any atom is 0.164 e. The van der Waals surface area contributed by atoms with Crippen molar-refractivity contribution in [3.8, 4) is 0 Å². The normalized spacial score (nSPS) is 11.6. The molecule has 2 heterocycles. The van der Waals surface area contributed by atoms with E-state index in [1.807, 2.05) is 11.6 Å². The average molecular weight is 317 g/mol. The third-order valence-electron chi connectivity index (χ3n) is 3.16. The molecule has 2 aromatic rings. The van der Waals surface area contributed by atoms with Crippen molar-refractivity contribution < 1.29 is 0 Å². The zero-order valence-electron chi connectivity index (χ0n) is 10.2. The SMILES string of the molecule is CCC(CC)c1cn(C)c2nc(Cl)c(Br)nc12. The minimum Gasteiger partial charge on any atom is -0.334 e. The van der Waals surface area contributed by atoms with Crippen LogP contribution >= 0.6 is 27.5 Å². The minimum atomic E-state index is 0.412. The molecule has 0 N–H and O–H groups in total. The molecule has 0 aliphatic heterocycles. The number of aromatic nitrogens is 3. The Morgan fingerprint density at radius 3 is 2.59 bits per heavy atom. The third kappa shape index (κ3) is 2.20. The van der Waals surface area contributed by atoms with Crippen molar-refractivity contribution in [3.63, 3.8) is 0 Å². The lowest BCUT2D eigenvalue weighted by Gasteiger charge is -2.10. The van der Waals surface area contributed by atoms with Crippen LogP contribution < -0.4 is 0 Å². The summed E-state index contributed by atoms with van der Waals surface area (Å²) >= 11 is 9.32. The first-order valence-corrected chi connectivity index (χ1v) is 6.93. The molecule has 2 rings (SSSR count). The fourth-order valence-electron chi connectivity index (χ4n) is 2.18. The molecular weight excluding hydrogens is 302 g/mol. The summed E-state index contributed by atoms with van der Waals surface area (Å²) in [6.45, 7) is 4.40. The lowest BCUT2D eigenvalue weighted by molar-refractivity contribution is 0.643. The van der Waals surface area contributed by atoms with Gasteiger partial charge in [-0.3, -0.25) is 0 Å². The minimum absolute atomic E-state index is 0.412. The summed E-state index contributed by atoms with van der Waals surface area (Å²) in [6, 6.07) is 0. The first-order valence-electron chi connectivity index (χ1n) is 5.76. The summed E-state index contributed by atoms with van der Waals surface area (Å²) in [5.41, 5.74) is 3.06. The number of aryl methyl sites for hydroxylation is 1. The van der Waals surface area contributed by atoms with Gasteiger partial charge in [0.15, 0.2) is 10.8 Å². The second kappa shape index (κ2) is 4.94. The van der Waals surface area contributed by atoms with Crippen LogP contribution in [0.4, 0.5) is 0 Å². The van der Waals surface area contributed by atoms with Crippen molar-refractivity contribution in [2.75, 3.05) is 0 Å². The summed E-state index contributed by atoms with van der Waals surface area (Å²) in [5, 5.41) is 0.412. The Bertz CT molecular complexity index is 546. The van der Waals surface area contributed by atoms with Gasteiger partial charge in [-0.15, -0.1) is 0 Å². The van der Waals surface area contributed by atoms with Gasteiger partial charge in [0.1, 0.15) is 10.1 Å². The van der Waals surface area contributed by atoms with Crippen LogP contribution in [0.5, 0.6) is 0 Å². The molecule has 2 aromatic heterocycles. The highest BCUT2D eigenvalue weighted by molar-refractivity contribution is 9.10. The van der Waals surface area contributed by atoms with E-state index in [9.17, 15) is 0 Å². The van der Waals surface area contributed by atoms with Crippen molar-refractivity contribution in [2.24, 2.45) is 7.05 Å². The van der Waals surface area contributed by atoms with E-state index in [2.05, 4.69) is 45.9 Å². The zero-order chi connectivity index (χ0) is 12.6. The van der Waals surface area contributed by atoms with E-state index in [1.165, 1.54) is 5.56 Å². The second-order valence-corrected chi connectivity index (χ2v) is 5.30. The monoisotopic (exact) mass is 315 g/mol. The predicted octanol–water partition coefficient (Wildman–Crippen LogP) is 4.29. The maximum absolute atomic E-state index is 5.98. The van der Waals surface area contributed by atoms with Crippen LogP contribution in [0, 0.1) is 0 Å². The van der Waals surface area contributed by atoms with Gasteiger partial charge in [0.25, 0.3) is 0 Å². The molecule has 0 aromatic carbocycles. The van der Waals surface area contributed by atoms with E-state index in [0.29, 0.717) is 15.7 Å². The number of fused-ring (bicyclic) bond motifs is 1. The number of rotatable bonds is 3. The fourth-order valence-corrected chi connectivity index (χ4v) is 2.57. The molecule has 0 aliphatic rings. The van der Waals surface area contributed by atoms with E-state index < -0.39 is 0 Å². The predicted molar refractivity (Wildman–Crippen MR) is 74.5 cm³/mol. The molecule has 3 nitrogen and oxygen atoms in total. The molecule has 0 atom stereocenters. The molecule has 92 valence electrons. The van der Waals surface area contributed by atoms with Crippen LogP contribution in [0.1, 0.15) is 38.2 Å². The second-order valence-electron chi connectivity index (χ2n) is 4.19. The van der Waals surface area contributed by atoms with Crippen LogP contribution in [0.3, 0.4) is 0 Å². The fraction of sp³-hybridized carbons (Fsp3) is 0.500. The van der Waals surface area contributed by atoms with Crippen molar-refractivity contribution in [1.29, 1.82) is 0 Å². The van der Waals surface area contributed by atoms with Crippen LogP contribution in [0.25, 0.3) is 11.2 Å². The number of halogens is 2. The Labute approximate surface area is 114 Å². The van der Waals surface area contributed by atoms with Crippen molar-refractivity contribution in [1.82, 2.24) is 14.5 Å². The Kier molecular flexibility index (Phi) is 3.73. The van der Waals surface area contributed by atoms with E-state index in [-0.39, 0.29) is 0 Å². The molecular formula is C12H15BrClN3. The first kappa shape index (κ1) is 12.8. The Morgan fingerprint density at radius 2 is 2.00 bits per heavy atom. The summed E-state index contributed by atoms with van der Waals surface area (Å²) in [6.07, 6.45) is 4.33. The number of nitrogens with zero attached hydrogens (tertiary/aromatic N) is 3. The van der Waals surface area contributed by atoms with Gasteiger partial charge in [0.2, 0.25) is 0 Å². The lowest BCUT2D eigenvalue weighted by Crippen LogP contribution is -1.95. The maximum atomic E-state index is 5.98. The Hall–Kier alpha value is -0.610. The highest BCUT2D eigenvalue weighted by Gasteiger charge is 2.17. The summed E-state index contributed by atoms with van der Waals surface area (Å²) in [7, 11) is 1.98. The largest absolute Gasteiger partial charge is 0.334 e. The summed E-state index contributed by atoms with van der Waals surface area (Å²) in [5.74, 6) is 0.529. The molecule has 17 heavy (non-hydrogen) atoms. The molecule has 5 heteroatoms. The van der Waals surface area contributed by atoms with Gasteiger partial charge in [-0.25, -0.2) is 9.97 Å². The highest BCUT2D eigenvalue weighted by Crippen LogP contribution is 2.31. The first-order chi connectivity index (χ1) is 8.08. The molecule has 0 saturated heterocycles. The van der Waals surface area contributed by atoms with Crippen LogP contribution in [0.15, 0.2) is 10.8 Å². The molecule has 0 radical (unpaired) electrons. The van der Waals surface area contributed by atoms with Gasteiger partial charge < -0.3 is 4.57 Å². The quantitative estimate of drug-likeness (QED) is 0.846. The summed E-state index contributed by atoms with van der Waals surface area (Å²) < 4.78 is 2.61. The van der Waals surface area contributed by atoms with Crippen molar-refractivity contribution >= 4 is 38.7 Å². The van der Waals surface area contributed by atoms with E-state index >= 15 is 0 Å². The highest BCUT2D eigenvalue weighted by atomic mass is 79.9. The molecule has 0 spiro atoms. The van der Waals surface area contributed by atoms with E-state index in [4.69, 9.17) is 11.6 Å². The van der Waals surface area contributed by atoms with Gasteiger partial charge in [0.05, 0.1) is 0 Å². The van der Waals surface area contributed by atoms with Crippen molar-refractivity contribution in [2.45, 2.75) is 32.6 Å². The molecule has 0 bridgehead atoms. The van der Waals surface area contributed by atoms with Gasteiger partial charge >= 0.3 is 0 Å². The van der Waals surface area contributed by atoms with E-state index in [1.54, 1.807) is 0 Å². The topological polar surface area (TPSA) is 30.7 Å². The molecule has 0 unspecified atom stereocenters. The number of hydrogen-bond acceptors (Lipinski definition) is 2. The van der Waals surface area contributed by atoms with Crippen LogP contribution in [0.2, 0.25) is 5.15 Å². The smallest absolute Gasteiger partial charge is 0.164 e. The lowest BCUT2D eigenvalue weighted by atomic mass is 9.96. The Balaban J connectivity index is 2.69. The van der Waals surface area contributed by atoms with Gasteiger partial charge in [-0.1, -0.05) is 25.4 Å². The van der Waals surface area contributed by atoms with Crippen molar-refractivity contribution in [3.05, 3.63) is 21.5 Å². The van der Waals surface area contributed by atoms with Gasteiger partial charge in [0, 0.05) is 18.8 Å². The average Bonchev–Trinajstić information content (AvgIpc) is 2.60. The van der Waals surface area contributed by atoms with Gasteiger partial charge in [-0.2, -0.15) is 0 Å². The van der Waals surface area contributed by atoms with E-state index in [0.717, 1.165) is 24.0 Å². The molecule has 0 fully saturated rings. The molecule has 0 amide bonds. The molecule has 0 saturated carbocycles. The van der Waals surface area contributed by atoms with Crippen LogP contribution in [-0.4, -0.2) is 14.5 Å².